The quantitative estimate of drug-likeness (QED) is 0.143. The van der Waals surface area contributed by atoms with E-state index in [1.807, 2.05) is 0 Å². The Labute approximate surface area is 575 Å². The Kier molecular flexibility index (Phi) is 13.8. The van der Waals surface area contributed by atoms with E-state index in [1.54, 1.807) is 0 Å². The first kappa shape index (κ1) is 58.8. The van der Waals surface area contributed by atoms with Gasteiger partial charge in [0.25, 0.3) is 0 Å². The summed E-state index contributed by atoms with van der Waals surface area (Å²) in [4.78, 5) is 8.06. The van der Waals surface area contributed by atoms with Crippen molar-refractivity contribution < 1.29 is 0 Å². The van der Waals surface area contributed by atoms with Crippen LogP contribution in [0.2, 0.25) is 0 Å². The number of benzene rings is 14. The van der Waals surface area contributed by atoms with Crippen molar-refractivity contribution in [1.82, 2.24) is 4.57 Å². The maximum atomic E-state index is 2.71. The molecule has 0 bridgehead atoms. The standard InChI is InChI=1S/C94H74N4/c1-93(2,3)70-56-77(62-32-14-8-15-33-62)90(78(57-70)63-34-16-9-17-35-63)97-83-50-48-66(61-30-12-7-13-31-61)53-85(83)96-84-51-49-72(95-81-46-28-26-44-75(81)76-45-27-29-47-82(76)95)60-86(84)98(91-79(64-36-18-10-19-37-64)58-71(94(4,5)6)59-80(91)65-38-20-11-21-39-65)88-55-69(54-87(97)92(88)96)89-73-42-24-22-40-67(73)52-68-41-23-25-43-74(68)89/h7-51,53-60,89H,52H2,1-6H3. The van der Waals surface area contributed by atoms with Gasteiger partial charge >= 0.3 is 0 Å². The normalized spacial score (nSPS) is 13.3. The van der Waals surface area contributed by atoms with Crippen LogP contribution in [-0.2, 0) is 17.3 Å². The molecule has 0 radical (unpaired) electrons. The molecule has 4 nitrogen and oxygen atoms in total. The zero-order chi connectivity index (χ0) is 66.0. The summed E-state index contributed by atoms with van der Waals surface area (Å²) < 4.78 is 2.49. The molecule has 14 aromatic carbocycles. The van der Waals surface area contributed by atoms with Gasteiger partial charge in [0.1, 0.15) is 0 Å². The van der Waals surface area contributed by atoms with Crippen molar-refractivity contribution in [2.24, 2.45) is 0 Å². The Bertz CT molecular complexity index is 5400. The summed E-state index contributed by atoms with van der Waals surface area (Å²) in [5.41, 5.74) is 33.4. The molecule has 0 amide bonds. The van der Waals surface area contributed by atoms with E-state index in [1.165, 1.54) is 49.7 Å². The fourth-order valence-electron chi connectivity index (χ4n) is 16.0. The second-order valence-corrected chi connectivity index (χ2v) is 28.8. The lowest BCUT2D eigenvalue weighted by Gasteiger charge is -2.49. The molecule has 18 rings (SSSR count). The monoisotopic (exact) mass is 1260 g/mol. The van der Waals surface area contributed by atoms with E-state index in [4.69, 9.17) is 0 Å². The average molecular weight is 1260 g/mol. The highest BCUT2D eigenvalue weighted by atomic mass is 15.3. The summed E-state index contributed by atoms with van der Waals surface area (Å²) in [5, 5.41) is 2.44. The molecule has 0 fully saturated rings. The third kappa shape index (κ3) is 9.64. The number of anilines is 9. The summed E-state index contributed by atoms with van der Waals surface area (Å²) in [6.07, 6.45) is 0.866. The van der Waals surface area contributed by atoms with Crippen LogP contribution in [0.15, 0.2) is 322 Å². The Balaban J connectivity index is 1.06. The van der Waals surface area contributed by atoms with Crippen LogP contribution in [0, 0.1) is 0 Å². The number of nitrogens with zero attached hydrogens (tertiary/aromatic N) is 4. The van der Waals surface area contributed by atoms with E-state index in [-0.39, 0.29) is 16.7 Å². The van der Waals surface area contributed by atoms with E-state index < -0.39 is 0 Å². The minimum absolute atomic E-state index is 0.127. The topological polar surface area (TPSA) is 14.7 Å². The molecule has 1 aliphatic carbocycles. The fourth-order valence-corrected chi connectivity index (χ4v) is 16.0. The van der Waals surface area contributed by atoms with E-state index in [9.17, 15) is 0 Å². The molecule has 2 aliphatic heterocycles. The van der Waals surface area contributed by atoms with Crippen LogP contribution in [-0.4, -0.2) is 4.57 Å². The van der Waals surface area contributed by atoms with Gasteiger partial charge in [-0.3, -0.25) is 0 Å². The minimum Gasteiger partial charge on any atom is -0.309 e. The van der Waals surface area contributed by atoms with E-state index >= 15 is 0 Å². The molecule has 0 saturated carbocycles. The van der Waals surface area contributed by atoms with Crippen molar-refractivity contribution in [3.63, 3.8) is 0 Å². The molecule has 98 heavy (non-hydrogen) atoms. The SMILES string of the molecule is CC(C)(C)c1cc(-c2ccccc2)c(N2c3cc(-n4c5ccccc5c5ccccc54)ccc3N3c4cc(-c5ccccc5)ccc4N(c4c(-c5ccccc5)cc(C(C)(C)C)cc4-c4ccccc4)c4cc(C5c6ccccc6Cc6ccccc65)cc2c43)c(-c2ccccc2)c1. The number of rotatable bonds is 9. The zero-order valence-electron chi connectivity index (χ0n) is 56.2. The summed E-state index contributed by atoms with van der Waals surface area (Å²) in [6.45, 7) is 14.1. The lowest BCUT2D eigenvalue weighted by atomic mass is 9.74. The van der Waals surface area contributed by atoms with Gasteiger partial charge in [-0.25, -0.2) is 0 Å². The number of aromatic nitrogens is 1. The highest BCUT2D eigenvalue weighted by molar-refractivity contribution is 6.18. The summed E-state index contributed by atoms with van der Waals surface area (Å²) in [5.74, 6) is -0.127. The van der Waals surface area contributed by atoms with Crippen molar-refractivity contribution >= 4 is 73.0 Å². The molecule has 4 heteroatoms. The second kappa shape index (κ2) is 23.0. The minimum atomic E-state index is -0.205. The van der Waals surface area contributed by atoms with Crippen LogP contribution < -0.4 is 14.7 Å². The molecular weight excluding hydrogens is 1190 g/mol. The molecule has 3 heterocycles. The maximum absolute atomic E-state index is 2.71. The number of hydrogen-bond acceptors (Lipinski definition) is 3. The lowest BCUT2D eigenvalue weighted by Crippen LogP contribution is -2.32. The molecule has 0 spiro atoms. The fraction of sp³-hybridized carbons (Fsp3) is 0.106. The third-order valence-electron chi connectivity index (χ3n) is 20.8. The number of fused-ring (bicyclic) bond motifs is 9. The van der Waals surface area contributed by atoms with Gasteiger partial charge in [0.05, 0.1) is 62.2 Å². The molecule has 15 aromatic rings. The highest BCUT2D eigenvalue weighted by Gasteiger charge is 2.44. The summed E-state index contributed by atoms with van der Waals surface area (Å²) >= 11 is 0. The predicted molar refractivity (Wildman–Crippen MR) is 413 cm³/mol. The maximum Gasteiger partial charge on any atom is 0.0948 e. The van der Waals surface area contributed by atoms with Crippen LogP contribution in [0.4, 0.5) is 51.2 Å². The predicted octanol–water partition coefficient (Wildman–Crippen LogP) is 25.8. The molecule has 0 unspecified atom stereocenters. The van der Waals surface area contributed by atoms with Crippen molar-refractivity contribution in [3.05, 3.63) is 360 Å². The first-order chi connectivity index (χ1) is 47.9. The first-order valence-electron chi connectivity index (χ1n) is 34.6. The van der Waals surface area contributed by atoms with Crippen LogP contribution in [0.3, 0.4) is 0 Å². The van der Waals surface area contributed by atoms with E-state index in [2.05, 4.69) is 382 Å². The van der Waals surface area contributed by atoms with Gasteiger partial charge in [-0.15, -0.1) is 0 Å². The van der Waals surface area contributed by atoms with Crippen molar-refractivity contribution in [1.29, 1.82) is 0 Å². The Morgan fingerprint density at radius 3 is 1.07 bits per heavy atom. The Morgan fingerprint density at radius 2 is 0.633 bits per heavy atom. The van der Waals surface area contributed by atoms with Gasteiger partial charge in [-0.1, -0.05) is 284 Å². The number of para-hydroxylation sites is 2. The average Bonchev–Trinajstić information content (AvgIpc) is 0.725. The van der Waals surface area contributed by atoms with Gasteiger partial charge < -0.3 is 19.3 Å². The second-order valence-electron chi connectivity index (χ2n) is 28.8. The molecule has 0 N–H and O–H groups in total. The van der Waals surface area contributed by atoms with Crippen LogP contribution in [0.25, 0.3) is 83.1 Å². The van der Waals surface area contributed by atoms with Crippen molar-refractivity contribution in [2.75, 3.05) is 14.7 Å². The molecule has 1 aromatic heterocycles. The van der Waals surface area contributed by atoms with Gasteiger partial charge in [0, 0.05) is 44.6 Å². The van der Waals surface area contributed by atoms with Crippen molar-refractivity contribution in [3.8, 4) is 61.3 Å². The van der Waals surface area contributed by atoms with E-state index in [0.29, 0.717) is 0 Å². The largest absolute Gasteiger partial charge is 0.309 e. The van der Waals surface area contributed by atoms with E-state index in [0.717, 1.165) is 130 Å². The molecule has 0 atom stereocenters. The van der Waals surface area contributed by atoms with Gasteiger partial charge in [-0.2, -0.15) is 0 Å². The van der Waals surface area contributed by atoms with Crippen LogP contribution in [0.5, 0.6) is 0 Å². The Hall–Kier alpha value is -11.7. The molecule has 3 aliphatic rings. The molecule has 470 valence electrons. The van der Waals surface area contributed by atoms with Gasteiger partial charge in [-0.05, 0) is 168 Å². The lowest BCUT2D eigenvalue weighted by molar-refractivity contribution is 0.590. The third-order valence-corrected chi connectivity index (χ3v) is 20.8. The highest BCUT2D eigenvalue weighted by Crippen LogP contribution is 2.68. The summed E-state index contributed by atoms with van der Waals surface area (Å²) in [7, 11) is 0. The molecule has 0 saturated heterocycles. The van der Waals surface area contributed by atoms with Gasteiger partial charge in [0.15, 0.2) is 0 Å². The van der Waals surface area contributed by atoms with Crippen LogP contribution in [0.1, 0.15) is 86.4 Å². The zero-order valence-corrected chi connectivity index (χ0v) is 56.2. The first-order valence-corrected chi connectivity index (χ1v) is 34.6. The molecular formula is C94H74N4. The number of hydrogen-bond donors (Lipinski definition) is 0. The Morgan fingerprint density at radius 1 is 0.276 bits per heavy atom. The summed E-state index contributed by atoms with van der Waals surface area (Å²) in [6, 6.07) is 122. The van der Waals surface area contributed by atoms with Crippen LogP contribution >= 0.6 is 0 Å². The van der Waals surface area contributed by atoms with Crippen molar-refractivity contribution in [2.45, 2.75) is 64.7 Å². The van der Waals surface area contributed by atoms with Gasteiger partial charge in [0.2, 0.25) is 0 Å². The smallest absolute Gasteiger partial charge is 0.0948 e.